The van der Waals surface area contributed by atoms with Crippen molar-refractivity contribution in [2.75, 3.05) is 18.8 Å². The average Bonchev–Trinajstić information content (AvgIpc) is 3.01. The summed E-state index contributed by atoms with van der Waals surface area (Å²) in [5.41, 5.74) is 8.33. The highest BCUT2D eigenvalue weighted by Gasteiger charge is 2.49. The van der Waals surface area contributed by atoms with Crippen LogP contribution in [0.15, 0.2) is 63.0 Å². The molecule has 7 nitrogen and oxygen atoms in total. The van der Waals surface area contributed by atoms with Crippen molar-refractivity contribution in [3.63, 3.8) is 0 Å². The summed E-state index contributed by atoms with van der Waals surface area (Å²) in [6.07, 6.45) is 1.78. The molecule has 0 radical (unpaired) electrons. The van der Waals surface area contributed by atoms with Gasteiger partial charge in [-0.05, 0) is 48.1 Å². The summed E-state index contributed by atoms with van der Waals surface area (Å²) in [6, 6.07) is 15.9. The van der Waals surface area contributed by atoms with E-state index in [-0.39, 0.29) is 5.75 Å². The molecule has 0 saturated heterocycles. The molecule has 0 fully saturated rings. The van der Waals surface area contributed by atoms with E-state index in [0.717, 1.165) is 46.5 Å². The number of hydrogen-bond acceptors (Lipinski definition) is 6. The third-order valence-corrected chi connectivity index (χ3v) is 6.69. The zero-order valence-corrected chi connectivity index (χ0v) is 18.7. The molecule has 2 aliphatic rings. The van der Waals surface area contributed by atoms with E-state index in [1.165, 1.54) is 0 Å². The van der Waals surface area contributed by atoms with E-state index in [9.17, 15) is 8.42 Å². The second-order valence-electron chi connectivity index (χ2n) is 7.49. The maximum atomic E-state index is 11.1. The van der Waals surface area contributed by atoms with Crippen molar-refractivity contribution in [1.29, 1.82) is 0 Å². The normalized spacial score (nSPS) is 21.2. The maximum absolute atomic E-state index is 11.1. The number of nitrogens with zero attached hydrogens (tertiary/aromatic N) is 3. The van der Waals surface area contributed by atoms with Crippen LogP contribution in [-0.4, -0.2) is 48.5 Å². The summed E-state index contributed by atoms with van der Waals surface area (Å²) in [7, 11) is -3.97. The number of amidine groups is 1. The van der Waals surface area contributed by atoms with Crippen LogP contribution in [-0.2, 0) is 22.1 Å². The fourth-order valence-electron chi connectivity index (χ4n) is 4.10. The van der Waals surface area contributed by atoms with Gasteiger partial charge in [0.2, 0.25) is 0 Å². The highest BCUT2D eigenvalue weighted by molar-refractivity contribution is 9.10. The minimum Gasteiger partial charge on any atom is -0.369 e. The van der Waals surface area contributed by atoms with E-state index in [2.05, 4.69) is 15.9 Å². The lowest BCUT2D eigenvalue weighted by atomic mass is 9.81. The monoisotopic (exact) mass is 490 g/mol. The van der Waals surface area contributed by atoms with Gasteiger partial charge in [-0.15, -0.1) is 0 Å². The van der Waals surface area contributed by atoms with Crippen molar-refractivity contribution >= 4 is 37.8 Å². The summed E-state index contributed by atoms with van der Waals surface area (Å²) >= 11 is 3.56. The predicted octanol–water partition coefficient (Wildman–Crippen LogP) is 2.95. The van der Waals surface area contributed by atoms with Crippen LogP contribution in [0.4, 0.5) is 0 Å². The molecule has 2 heterocycles. The highest BCUT2D eigenvalue weighted by Crippen LogP contribution is 2.42. The Balaban J connectivity index is 1.81. The molecule has 2 aromatic carbocycles. The molecular formula is C21H23BrN4O3S. The van der Waals surface area contributed by atoms with Crippen molar-refractivity contribution < 1.29 is 13.0 Å². The fraction of sp³-hybridized carbons (Fsp3) is 0.333. The van der Waals surface area contributed by atoms with Crippen LogP contribution in [0, 0.1) is 0 Å². The Labute approximate surface area is 184 Å². The zero-order chi connectivity index (χ0) is 21.4. The quantitative estimate of drug-likeness (QED) is 0.605. The van der Waals surface area contributed by atoms with Crippen molar-refractivity contribution in [3.05, 3.63) is 69.7 Å². The molecule has 0 amide bonds. The first-order chi connectivity index (χ1) is 14.3. The van der Waals surface area contributed by atoms with E-state index >= 15 is 0 Å². The Hall–Kier alpha value is -2.23. The standard InChI is InChI=1S/C21H23BrN4O3S/c22-18-9-2-8-17(14-18)21(19-24-10-4-11-26(19)20(23)25-21)16-7-1-5-15(13-16)6-3-12-30(27,28)29/h1-2,5,7-9,13-14H,3-4,6,10-12H2,(H2,23,25)(H,27,28,29). The van der Waals surface area contributed by atoms with Gasteiger partial charge in [0.1, 0.15) is 5.84 Å². The molecule has 158 valence electrons. The molecule has 2 aliphatic heterocycles. The number of benzene rings is 2. The molecule has 0 aliphatic carbocycles. The second-order valence-corrected chi connectivity index (χ2v) is 9.98. The Morgan fingerprint density at radius 2 is 1.90 bits per heavy atom. The lowest BCUT2D eigenvalue weighted by Crippen LogP contribution is -2.46. The van der Waals surface area contributed by atoms with E-state index in [0.29, 0.717) is 18.8 Å². The van der Waals surface area contributed by atoms with E-state index in [4.69, 9.17) is 20.3 Å². The number of hydrogen-bond donors (Lipinski definition) is 2. The van der Waals surface area contributed by atoms with Gasteiger partial charge >= 0.3 is 0 Å². The highest BCUT2D eigenvalue weighted by atomic mass is 79.9. The molecule has 3 N–H and O–H groups in total. The van der Waals surface area contributed by atoms with Crippen LogP contribution in [0.2, 0.25) is 0 Å². The molecule has 1 unspecified atom stereocenters. The molecule has 0 bridgehead atoms. The Morgan fingerprint density at radius 3 is 2.63 bits per heavy atom. The lowest BCUT2D eigenvalue weighted by molar-refractivity contribution is 0.481. The molecule has 30 heavy (non-hydrogen) atoms. The van der Waals surface area contributed by atoms with Crippen molar-refractivity contribution in [3.8, 4) is 0 Å². The Kier molecular flexibility index (Phi) is 5.69. The van der Waals surface area contributed by atoms with Gasteiger partial charge < -0.3 is 5.73 Å². The summed E-state index contributed by atoms with van der Waals surface area (Å²) < 4.78 is 32.1. The van der Waals surface area contributed by atoms with E-state index < -0.39 is 15.7 Å². The second kappa shape index (κ2) is 8.13. The zero-order valence-electron chi connectivity index (χ0n) is 16.3. The van der Waals surface area contributed by atoms with Crippen LogP contribution in [0.5, 0.6) is 0 Å². The van der Waals surface area contributed by atoms with Gasteiger partial charge in [-0.1, -0.05) is 52.3 Å². The number of aliphatic imine (C=N–C) groups is 2. The van der Waals surface area contributed by atoms with Crippen molar-refractivity contribution in [2.24, 2.45) is 15.7 Å². The number of rotatable bonds is 6. The topological polar surface area (TPSA) is 108 Å². The first-order valence-corrected chi connectivity index (χ1v) is 12.2. The third-order valence-electron chi connectivity index (χ3n) is 5.39. The summed E-state index contributed by atoms with van der Waals surface area (Å²) in [5, 5.41) is 0. The molecule has 0 saturated carbocycles. The SMILES string of the molecule is NC1=NC(c2cccc(Br)c2)(c2cccc(CCCS(=O)(=O)O)c2)C2=NCCCN12. The van der Waals surface area contributed by atoms with Gasteiger partial charge in [0.05, 0.1) is 5.75 Å². The van der Waals surface area contributed by atoms with Crippen LogP contribution < -0.4 is 5.73 Å². The third kappa shape index (κ3) is 4.01. The Bertz CT molecular complexity index is 1130. The minimum absolute atomic E-state index is 0.264. The van der Waals surface area contributed by atoms with Gasteiger partial charge in [-0.3, -0.25) is 14.4 Å². The largest absolute Gasteiger partial charge is 0.369 e. The van der Waals surface area contributed by atoms with Crippen LogP contribution in [0.1, 0.15) is 29.5 Å². The van der Waals surface area contributed by atoms with Crippen molar-refractivity contribution in [2.45, 2.75) is 24.8 Å². The number of guanidine groups is 1. The van der Waals surface area contributed by atoms with Crippen molar-refractivity contribution in [1.82, 2.24) is 4.90 Å². The van der Waals surface area contributed by atoms with E-state index in [1.54, 1.807) is 0 Å². The maximum Gasteiger partial charge on any atom is 0.264 e. The van der Waals surface area contributed by atoms with Gasteiger partial charge in [0, 0.05) is 17.6 Å². The van der Waals surface area contributed by atoms with Crippen LogP contribution >= 0.6 is 15.9 Å². The average molecular weight is 491 g/mol. The van der Waals surface area contributed by atoms with Gasteiger partial charge in [-0.25, -0.2) is 4.99 Å². The number of nitrogens with two attached hydrogens (primary N) is 1. The number of aryl methyl sites for hydroxylation is 1. The van der Waals surface area contributed by atoms with Crippen LogP contribution in [0.25, 0.3) is 0 Å². The molecule has 0 spiro atoms. The van der Waals surface area contributed by atoms with E-state index in [1.807, 2.05) is 53.4 Å². The van der Waals surface area contributed by atoms with Gasteiger partial charge in [0.25, 0.3) is 10.1 Å². The fourth-order valence-corrected chi connectivity index (χ4v) is 5.01. The molecule has 4 rings (SSSR count). The molecule has 1 atom stereocenters. The first kappa shape index (κ1) is 21.0. The summed E-state index contributed by atoms with van der Waals surface area (Å²) in [6.45, 7) is 1.50. The Morgan fingerprint density at radius 1 is 1.17 bits per heavy atom. The van der Waals surface area contributed by atoms with Gasteiger partial charge in [0.15, 0.2) is 11.5 Å². The molecular weight excluding hydrogens is 468 g/mol. The molecule has 2 aromatic rings. The predicted molar refractivity (Wildman–Crippen MR) is 121 cm³/mol. The summed E-state index contributed by atoms with van der Waals surface area (Å²) in [5.74, 6) is 1.00. The molecule has 9 heteroatoms. The first-order valence-electron chi connectivity index (χ1n) is 9.78. The molecule has 0 aromatic heterocycles. The summed E-state index contributed by atoms with van der Waals surface area (Å²) in [4.78, 5) is 11.7. The van der Waals surface area contributed by atoms with Crippen LogP contribution in [0.3, 0.4) is 0 Å². The lowest BCUT2D eigenvalue weighted by Gasteiger charge is -2.33. The smallest absolute Gasteiger partial charge is 0.264 e. The van der Waals surface area contributed by atoms with Gasteiger partial charge in [-0.2, -0.15) is 8.42 Å². The minimum atomic E-state index is -3.97. The number of fused-ring (bicyclic) bond motifs is 1. The number of halogens is 1.